The summed E-state index contributed by atoms with van der Waals surface area (Å²) in [6.07, 6.45) is 1.47. The summed E-state index contributed by atoms with van der Waals surface area (Å²) >= 11 is 1.89. The zero-order chi connectivity index (χ0) is 14.0. The minimum Gasteiger partial charge on any atom is -0.481 e. The summed E-state index contributed by atoms with van der Waals surface area (Å²) in [6, 6.07) is 0.0133. The number of aliphatic carboxylic acids is 1. The molecule has 0 bridgehead atoms. The number of carbonyl (C=O) groups excluding carboxylic acids is 1. The van der Waals surface area contributed by atoms with Gasteiger partial charge >= 0.3 is 12.0 Å². The topological polar surface area (TPSA) is 60.9 Å². The van der Waals surface area contributed by atoms with Crippen molar-refractivity contribution in [3.05, 3.63) is 0 Å². The van der Waals surface area contributed by atoms with Crippen LogP contribution in [0, 0.1) is 5.92 Å². The standard InChI is InChI=1S/C13H22N2O3S/c1-13(2)9-15(6-7-19-13)12(18)14-5-3-4-10(8-14)11(16)17/h10H,3-9H2,1-2H3,(H,16,17). The maximum absolute atomic E-state index is 12.5. The molecular formula is C13H22N2O3S. The predicted octanol–water partition coefficient (Wildman–Crippen LogP) is 1.73. The van der Waals surface area contributed by atoms with Crippen LogP contribution in [-0.2, 0) is 4.79 Å². The van der Waals surface area contributed by atoms with Gasteiger partial charge in [-0.1, -0.05) is 0 Å². The lowest BCUT2D eigenvalue weighted by atomic mass is 9.98. The number of urea groups is 1. The van der Waals surface area contributed by atoms with Gasteiger partial charge in [0.1, 0.15) is 0 Å². The number of hydrogen-bond acceptors (Lipinski definition) is 3. The Kier molecular flexibility index (Phi) is 4.28. The summed E-state index contributed by atoms with van der Waals surface area (Å²) in [5, 5.41) is 9.08. The van der Waals surface area contributed by atoms with Gasteiger partial charge in [0.15, 0.2) is 0 Å². The molecule has 0 spiro atoms. The van der Waals surface area contributed by atoms with E-state index in [-0.39, 0.29) is 10.8 Å². The second kappa shape index (κ2) is 5.61. The largest absolute Gasteiger partial charge is 0.481 e. The molecule has 0 aromatic carbocycles. The Morgan fingerprint density at radius 2 is 2.00 bits per heavy atom. The highest BCUT2D eigenvalue weighted by atomic mass is 32.2. The fourth-order valence-corrected chi connectivity index (χ4v) is 3.84. The molecule has 2 amide bonds. The molecule has 0 aliphatic carbocycles. The van der Waals surface area contributed by atoms with Crippen LogP contribution in [0.25, 0.3) is 0 Å². The predicted molar refractivity (Wildman–Crippen MR) is 75.4 cm³/mol. The van der Waals surface area contributed by atoms with E-state index in [1.807, 2.05) is 16.7 Å². The average Bonchev–Trinajstić information content (AvgIpc) is 2.37. The van der Waals surface area contributed by atoms with Gasteiger partial charge in [-0.3, -0.25) is 4.79 Å². The number of piperidine rings is 1. The summed E-state index contributed by atoms with van der Waals surface area (Å²) in [5.41, 5.74) is 0. The highest BCUT2D eigenvalue weighted by molar-refractivity contribution is 8.00. The Bertz CT molecular complexity index is 373. The van der Waals surface area contributed by atoms with Gasteiger partial charge in [0.2, 0.25) is 0 Å². The molecule has 1 N–H and O–H groups in total. The molecule has 0 radical (unpaired) electrons. The number of thioether (sulfide) groups is 1. The molecule has 19 heavy (non-hydrogen) atoms. The number of nitrogens with zero attached hydrogens (tertiary/aromatic N) is 2. The number of amides is 2. The second-order valence-electron chi connectivity index (χ2n) is 5.94. The number of carbonyl (C=O) groups is 2. The van der Waals surface area contributed by atoms with Gasteiger partial charge in [0.25, 0.3) is 0 Å². The molecule has 5 nitrogen and oxygen atoms in total. The van der Waals surface area contributed by atoms with E-state index in [4.69, 9.17) is 5.11 Å². The minimum absolute atomic E-state index is 0.0133. The van der Waals surface area contributed by atoms with Gasteiger partial charge in [0.05, 0.1) is 5.92 Å². The first-order valence-electron chi connectivity index (χ1n) is 6.80. The van der Waals surface area contributed by atoms with Crippen LogP contribution < -0.4 is 0 Å². The fraction of sp³-hybridized carbons (Fsp3) is 0.846. The van der Waals surface area contributed by atoms with E-state index in [0.29, 0.717) is 19.5 Å². The van der Waals surface area contributed by atoms with Crippen molar-refractivity contribution in [3.63, 3.8) is 0 Å². The first-order valence-corrected chi connectivity index (χ1v) is 7.78. The summed E-state index contributed by atoms with van der Waals surface area (Å²) in [7, 11) is 0. The molecule has 108 valence electrons. The SMILES string of the molecule is CC1(C)CN(C(=O)N2CCCC(C(=O)O)C2)CCS1. The third-order valence-corrected chi connectivity index (χ3v) is 5.03. The van der Waals surface area contributed by atoms with E-state index in [2.05, 4.69) is 13.8 Å². The quantitative estimate of drug-likeness (QED) is 0.797. The maximum Gasteiger partial charge on any atom is 0.320 e. The van der Waals surface area contributed by atoms with Crippen LogP contribution in [0.5, 0.6) is 0 Å². The third-order valence-electron chi connectivity index (χ3n) is 3.74. The molecule has 2 aliphatic rings. The van der Waals surface area contributed by atoms with Crippen molar-refractivity contribution in [2.24, 2.45) is 5.92 Å². The van der Waals surface area contributed by atoms with E-state index in [1.54, 1.807) is 4.90 Å². The fourth-order valence-electron chi connectivity index (χ4n) is 2.73. The van der Waals surface area contributed by atoms with Crippen molar-refractivity contribution in [1.29, 1.82) is 0 Å². The van der Waals surface area contributed by atoms with Gasteiger partial charge in [-0.2, -0.15) is 11.8 Å². The van der Waals surface area contributed by atoms with E-state index in [9.17, 15) is 9.59 Å². The first-order chi connectivity index (χ1) is 8.89. The molecule has 2 fully saturated rings. The van der Waals surface area contributed by atoms with Crippen molar-refractivity contribution < 1.29 is 14.7 Å². The van der Waals surface area contributed by atoms with Crippen molar-refractivity contribution in [2.75, 3.05) is 31.9 Å². The van der Waals surface area contributed by atoms with Crippen molar-refractivity contribution >= 4 is 23.8 Å². The van der Waals surface area contributed by atoms with Gasteiger partial charge in [-0.15, -0.1) is 0 Å². The zero-order valence-corrected chi connectivity index (χ0v) is 12.4. The summed E-state index contributed by atoms with van der Waals surface area (Å²) in [5.74, 6) is -0.230. The van der Waals surface area contributed by atoms with E-state index < -0.39 is 11.9 Å². The number of carboxylic acid groups (broad SMARTS) is 1. The van der Waals surface area contributed by atoms with Crippen molar-refractivity contribution in [1.82, 2.24) is 9.80 Å². The Labute approximate surface area is 118 Å². The van der Waals surface area contributed by atoms with Crippen molar-refractivity contribution in [2.45, 2.75) is 31.4 Å². The van der Waals surface area contributed by atoms with Gasteiger partial charge in [-0.05, 0) is 26.7 Å². The molecule has 0 saturated carbocycles. The number of hydrogen-bond donors (Lipinski definition) is 1. The van der Waals surface area contributed by atoms with E-state index >= 15 is 0 Å². The van der Waals surface area contributed by atoms with Crippen LogP contribution in [0.2, 0.25) is 0 Å². The Morgan fingerprint density at radius 3 is 2.63 bits per heavy atom. The molecule has 2 rings (SSSR count). The van der Waals surface area contributed by atoms with Gasteiger partial charge in [-0.25, -0.2) is 4.79 Å². The van der Waals surface area contributed by atoms with Crippen molar-refractivity contribution in [3.8, 4) is 0 Å². The van der Waals surface area contributed by atoms with E-state index in [0.717, 1.165) is 25.3 Å². The average molecular weight is 286 g/mol. The van der Waals surface area contributed by atoms with Crippen LogP contribution in [-0.4, -0.2) is 63.6 Å². The lowest BCUT2D eigenvalue weighted by Gasteiger charge is -2.41. The Morgan fingerprint density at radius 1 is 1.26 bits per heavy atom. The summed E-state index contributed by atoms with van der Waals surface area (Å²) < 4.78 is 0.0932. The number of carboxylic acids is 1. The monoisotopic (exact) mass is 286 g/mol. The molecule has 6 heteroatoms. The van der Waals surface area contributed by atoms with Crippen LogP contribution >= 0.6 is 11.8 Å². The van der Waals surface area contributed by atoms with Gasteiger partial charge < -0.3 is 14.9 Å². The van der Waals surface area contributed by atoms with Crippen LogP contribution in [0.4, 0.5) is 4.79 Å². The zero-order valence-electron chi connectivity index (χ0n) is 11.6. The molecular weight excluding hydrogens is 264 g/mol. The molecule has 2 saturated heterocycles. The highest BCUT2D eigenvalue weighted by Crippen LogP contribution is 2.30. The highest BCUT2D eigenvalue weighted by Gasteiger charge is 2.34. The first kappa shape index (κ1) is 14.5. The van der Waals surface area contributed by atoms with Gasteiger partial charge in [0, 0.05) is 36.7 Å². The third kappa shape index (κ3) is 3.55. The minimum atomic E-state index is -0.785. The van der Waals surface area contributed by atoms with Crippen LogP contribution in [0.3, 0.4) is 0 Å². The normalized spacial score (nSPS) is 27.2. The lowest BCUT2D eigenvalue weighted by molar-refractivity contribution is -0.143. The van der Waals surface area contributed by atoms with Crippen LogP contribution in [0.1, 0.15) is 26.7 Å². The Balaban J connectivity index is 1.97. The lowest BCUT2D eigenvalue weighted by Crippen LogP contribution is -2.54. The Hall–Kier alpha value is -0.910. The maximum atomic E-state index is 12.5. The smallest absolute Gasteiger partial charge is 0.320 e. The molecule has 2 heterocycles. The molecule has 0 aromatic rings. The number of likely N-dealkylation sites (tertiary alicyclic amines) is 1. The molecule has 0 aromatic heterocycles. The number of rotatable bonds is 1. The summed E-state index contributed by atoms with van der Waals surface area (Å²) in [4.78, 5) is 27.1. The molecule has 2 aliphatic heterocycles. The van der Waals surface area contributed by atoms with Crippen LogP contribution in [0.15, 0.2) is 0 Å². The molecule has 1 atom stereocenters. The molecule has 1 unspecified atom stereocenters. The second-order valence-corrected chi connectivity index (χ2v) is 7.74. The van der Waals surface area contributed by atoms with E-state index in [1.165, 1.54) is 0 Å². The summed E-state index contributed by atoms with van der Waals surface area (Å²) in [6.45, 7) is 6.84.